The first-order chi connectivity index (χ1) is 8.54. The van der Waals surface area contributed by atoms with Crippen LogP contribution in [0.2, 0.25) is 0 Å². The Hall–Kier alpha value is -1.21. The van der Waals surface area contributed by atoms with Crippen LogP contribution in [0.5, 0.6) is 0 Å². The molecule has 1 atom stereocenters. The molecule has 6 nitrogen and oxygen atoms in total. The Kier molecular flexibility index (Phi) is 3.82. The van der Waals surface area contributed by atoms with Crippen LogP contribution < -0.4 is 5.48 Å². The van der Waals surface area contributed by atoms with Gasteiger partial charge in [0.05, 0.1) is 11.8 Å². The molecule has 2 aliphatic heterocycles. The molecule has 0 bridgehead atoms. The van der Waals surface area contributed by atoms with Gasteiger partial charge in [0.15, 0.2) is 0 Å². The number of alkyl halides is 1. The van der Waals surface area contributed by atoms with Crippen LogP contribution in [-0.2, 0) is 19.2 Å². The molecule has 98 valence electrons. The van der Waals surface area contributed by atoms with Gasteiger partial charge >= 0.3 is 5.97 Å². The fourth-order valence-electron chi connectivity index (χ4n) is 1.74. The van der Waals surface area contributed by atoms with Gasteiger partial charge < -0.3 is 4.84 Å². The van der Waals surface area contributed by atoms with Crippen molar-refractivity contribution in [2.24, 2.45) is 0 Å². The number of fused-ring (bicyclic) bond motifs is 1. The number of halogens is 1. The van der Waals surface area contributed by atoms with Gasteiger partial charge in [-0.2, -0.15) is 5.48 Å². The topological polar surface area (TPSA) is 75.7 Å². The van der Waals surface area contributed by atoms with E-state index >= 15 is 0 Å². The van der Waals surface area contributed by atoms with Crippen molar-refractivity contribution in [2.45, 2.75) is 18.7 Å². The summed E-state index contributed by atoms with van der Waals surface area (Å²) in [7, 11) is 0. The van der Waals surface area contributed by atoms with E-state index in [1.165, 1.54) is 11.8 Å². The summed E-state index contributed by atoms with van der Waals surface area (Å²) in [4.78, 5) is 40.1. The second-order valence-electron chi connectivity index (χ2n) is 3.87. The van der Waals surface area contributed by atoms with E-state index in [4.69, 9.17) is 11.6 Å². The number of rotatable bonds is 2. The molecule has 0 aromatic heterocycles. The standard InChI is InChI=1S/C10H11ClN2O4S/c1-5(14)12-17-10(16)9-6(3-11)4-18-8-2-7(15)13(8)9/h8H,2-4H2,1H3,(H,12,14)/t8-/m0/s1. The van der Waals surface area contributed by atoms with Crippen molar-refractivity contribution in [3.63, 3.8) is 0 Å². The van der Waals surface area contributed by atoms with E-state index in [9.17, 15) is 14.4 Å². The molecule has 1 saturated heterocycles. The maximum absolute atomic E-state index is 11.9. The molecule has 0 aromatic carbocycles. The predicted molar refractivity (Wildman–Crippen MR) is 65.4 cm³/mol. The molecule has 0 unspecified atom stereocenters. The minimum atomic E-state index is -0.751. The normalized spacial score (nSPS) is 22.2. The van der Waals surface area contributed by atoms with Gasteiger partial charge in [-0.1, -0.05) is 0 Å². The average molecular weight is 291 g/mol. The van der Waals surface area contributed by atoms with Crippen LogP contribution in [0, 0.1) is 0 Å². The third-order valence-electron chi connectivity index (χ3n) is 2.57. The van der Waals surface area contributed by atoms with Crippen molar-refractivity contribution >= 4 is 41.1 Å². The number of hydrogen-bond donors (Lipinski definition) is 1. The molecule has 2 aliphatic rings. The predicted octanol–water partition coefficient (Wildman–Crippen LogP) is 0.379. The Morgan fingerprint density at radius 3 is 2.89 bits per heavy atom. The number of thioether (sulfide) groups is 1. The second kappa shape index (κ2) is 5.19. The van der Waals surface area contributed by atoms with Crippen molar-refractivity contribution in [3.8, 4) is 0 Å². The maximum Gasteiger partial charge on any atom is 0.379 e. The highest BCUT2D eigenvalue weighted by atomic mass is 35.5. The highest BCUT2D eigenvalue weighted by Crippen LogP contribution is 2.40. The minimum absolute atomic E-state index is 0.0238. The van der Waals surface area contributed by atoms with E-state index in [0.29, 0.717) is 17.7 Å². The highest BCUT2D eigenvalue weighted by Gasteiger charge is 2.45. The van der Waals surface area contributed by atoms with E-state index in [0.717, 1.165) is 0 Å². The van der Waals surface area contributed by atoms with E-state index in [2.05, 4.69) is 4.84 Å². The van der Waals surface area contributed by atoms with Crippen LogP contribution >= 0.6 is 23.4 Å². The van der Waals surface area contributed by atoms with Crippen LogP contribution in [0.25, 0.3) is 0 Å². The van der Waals surface area contributed by atoms with Gasteiger partial charge in [-0.25, -0.2) is 4.79 Å². The van der Waals surface area contributed by atoms with Crippen molar-refractivity contribution in [1.29, 1.82) is 0 Å². The van der Waals surface area contributed by atoms with Crippen LogP contribution in [0.15, 0.2) is 11.3 Å². The number of β-lactam (4-membered cyclic amide) rings is 1. The third kappa shape index (κ3) is 2.32. The zero-order chi connectivity index (χ0) is 13.3. The van der Waals surface area contributed by atoms with E-state index in [1.54, 1.807) is 11.8 Å². The molecule has 2 amide bonds. The Morgan fingerprint density at radius 1 is 1.61 bits per heavy atom. The van der Waals surface area contributed by atoms with E-state index in [1.807, 2.05) is 5.48 Å². The Labute approximate surface area is 113 Å². The minimum Gasteiger partial charge on any atom is -0.334 e. The van der Waals surface area contributed by atoms with Gasteiger partial charge in [0, 0.05) is 18.6 Å². The van der Waals surface area contributed by atoms with Crippen LogP contribution in [0.3, 0.4) is 0 Å². The van der Waals surface area contributed by atoms with Crippen LogP contribution in [0.1, 0.15) is 13.3 Å². The molecule has 0 aromatic rings. The summed E-state index contributed by atoms with van der Waals surface area (Å²) in [5.74, 6) is -0.645. The summed E-state index contributed by atoms with van der Waals surface area (Å²) in [6, 6.07) is 0. The van der Waals surface area contributed by atoms with Gasteiger partial charge in [-0.15, -0.1) is 23.4 Å². The SMILES string of the molecule is CC(=O)NOC(=O)C1=C(CCl)CS[C@H]2CC(=O)N12. The summed E-state index contributed by atoms with van der Waals surface area (Å²) in [5.41, 5.74) is 2.76. The summed E-state index contributed by atoms with van der Waals surface area (Å²) < 4.78 is 0. The molecule has 0 spiro atoms. The molecule has 1 N–H and O–H groups in total. The number of hydrogen-bond acceptors (Lipinski definition) is 5. The van der Waals surface area contributed by atoms with Crippen molar-refractivity contribution < 1.29 is 19.2 Å². The zero-order valence-corrected chi connectivity index (χ0v) is 11.1. The van der Waals surface area contributed by atoms with Crippen molar-refractivity contribution in [1.82, 2.24) is 10.4 Å². The summed E-state index contributed by atoms with van der Waals surface area (Å²) in [5, 5.41) is -0.0238. The lowest BCUT2D eigenvalue weighted by Gasteiger charge is -2.44. The monoisotopic (exact) mass is 290 g/mol. The number of carbonyl (C=O) groups excluding carboxylic acids is 3. The lowest BCUT2D eigenvalue weighted by molar-refractivity contribution is -0.158. The number of carbonyl (C=O) groups is 3. The molecule has 0 radical (unpaired) electrons. The zero-order valence-electron chi connectivity index (χ0n) is 9.57. The van der Waals surface area contributed by atoms with Gasteiger partial charge in [0.2, 0.25) is 11.8 Å². The molecule has 0 aliphatic carbocycles. The van der Waals surface area contributed by atoms with Crippen LogP contribution in [0.4, 0.5) is 0 Å². The average Bonchev–Trinajstić information content (AvgIpc) is 2.33. The Morgan fingerprint density at radius 2 is 2.33 bits per heavy atom. The summed E-state index contributed by atoms with van der Waals surface area (Å²) >= 11 is 7.32. The fourth-order valence-corrected chi connectivity index (χ4v) is 3.33. The fraction of sp³-hybridized carbons (Fsp3) is 0.500. The first-order valence-electron chi connectivity index (χ1n) is 5.24. The molecule has 2 heterocycles. The largest absolute Gasteiger partial charge is 0.379 e. The quantitative estimate of drug-likeness (QED) is 0.452. The van der Waals surface area contributed by atoms with Crippen LogP contribution in [-0.4, -0.2) is 39.7 Å². The van der Waals surface area contributed by atoms with E-state index < -0.39 is 11.9 Å². The van der Waals surface area contributed by atoms with Crippen molar-refractivity contribution in [3.05, 3.63) is 11.3 Å². The number of nitrogens with one attached hydrogen (secondary N) is 1. The second-order valence-corrected chi connectivity index (χ2v) is 5.30. The molecular weight excluding hydrogens is 280 g/mol. The van der Waals surface area contributed by atoms with Gasteiger partial charge in [0.25, 0.3) is 0 Å². The molecule has 0 saturated carbocycles. The number of nitrogens with zero attached hydrogens (tertiary/aromatic N) is 1. The van der Waals surface area contributed by atoms with Gasteiger partial charge in [0.1, 0.15) is 5.70 Å². The first kappa shape index (κ1) is 13.2. The third-order valence-corrected chi connectivity index (χ3v) is 4.17. The highest BCUT2D eigenvalue weighted by molar-refractivity contribution is 8.00. The molecule has 1 fully saturated rings. The maximum atomic E-state index is 11.9. The molecule has 2 rings (SSSR count). The Balaban J connectivity index is 2.19. The molecular formula is C10H11ClN2O4S. The number of hydroxylamine groups is 1. The molecule has 18 heavy (non-hydrogen) atoms. The summed E-state index contributed by atoms with van der Waals surface area (Å²) in [6.45, 7) is 1.22. The number of amides is 2. The summed E-state index contributed by atoms with van der Waals surface area (Å²) in [6.07, 6.45) is 0.414. The van der Waals surface area contributed by atoms with Gasteiger partial charge in [-0.05, 0) is 5.57 Å². The molecule has 8 heteroatoms. The Bertz CT molecular complexity index is 451. The first-order valence-corrected chi connectivity index (χ1v) is 6.82. The van der Waals surface area contributed by atoms with Crippen molar-refractivity contribution in [2.75, 3.05) is 11.6 Å². The lowest BCUT2D eigenvalue weighted by Crippen LogP contribution is -2.54. The van der Waals surface area contributed by atoms with E-state index in [-0.39, 0.29) is 22.9 Å². The van der Waals surface area contributed by atoms with Gasteiger partial charge in [-0.3, -0.25) is 14.5 Å². The lowest BCUT2D eigenvalue weighted by atomic mass is 10.1. The smallest absolute Gasteiger partial charge is 0.334 e.